The lowest BCUT2D eigenvalue weighted by atomic mass is 10.2. The molecule has 1 aliphatic heterocycles. The lowest BCUT2D eigenvalue weighted by Crippen LogP contribution is -2.49. The van der Waals surface area contributed by atoms with Crippen LogP contribution in [0.5, 0.6) is 0 Å². The molecule has 0 aliphatic carbocycles. The molecule has 2 N–H and O–H groups in total. The Labute approximate surface area is 78.7 Å². The average Bonchev–Trinajstić information content (AvgIpc) is 2.47. The fourth-order valence-corrected chi connectivity index (χ4v) is 1.40. The van der Waals surface area contributed by atoms with Crippen molar-refractivity contribution >= 4 is 5.91 Å². The van der Waals surface area contributed by atoms with Crippen molar-refractivity contribution in [3.8, 4) is 0 Å². The van der Waals surface area contributed by atoms with Gasteiger partial charge in [-0.15, -0.1) is 0 Å². The zero-order valence-corrected chi connectivity index (χ0v) is 7.51. The van der Waals surface area contributed by atoms with Gasteiger partial charge in [0, 0.05) is 20.1 Å². The van der Waals surface area contributed by atoms with Crippen LogP contribution in [-0.4, -0.2) is 54.4 Å². The Morgan fingerprint density at radius 2 is 2.07 bits per heavy atom. The summed E-state index contributed by atoms with van der Waals surface area (Å²) in [5.41, 5.74) is 0. The normalized spacial score (nSPS) is 27.8. The van der Waals surface area contributed by atoms with Crippen LogP contribution < -0.4 is 5.32 Å². The molecule has 4 nitrogen and oxygen atoms in total. The second-order valence-electron chi connectivity index (χ2n) is 3.21. The number of likely N-dealkylation sites (N-methyl/N-ethyl adjacent to an activating group) is 1. The summed E-state index contributed by atoms with van der Waals surface area (Å²) in [6.07, 6.45) is -5.82. The van der Waals surface area contributed by atoms with Gasteiger partial charge in [0.1, 0.15) is 0 Å². The van der Waals surface area contributed by atoms with Crippen LogP contribution in [0.2, 0.25) is 0 Å². The maximum Gasteiger partial charge on any atom is 0.471 e. The summed E-state index contributed by atoms with van der Waals surface area (Å²) in [6.45, 7) is 0.389. The smallest absolute Gasteiger partial charge is 0.390 e. The topological polar surface area (TPSA) is 52.6 Å². The van der Waals surface area contributed by atoms with Crippen molar-refractivity contribution < 1.29 is 23.1 Å². The molecule has 1 rings (SSSR count). The monoisotopic (exact) mass is 212 g/mol. The second-order valence-corrected chi connectivity index (χ2v) is 3.21. The number of carbonyl (C=O) groups is 1. The highest BCUT2D eigenvalue weighted by molar-refractivity contribution is 5.82. The fourth-order valence-electron chi connectivity index (χ4n) is 1.40. The number of aliphatic hydroxyl groups is 1. The van der Waals surface area contributed by atoms with Crippen molar-refractivity contribution in [1.29, 1.82) is 0 Å². The first-order valence-electron chi connectivity index (χ1n) is 4.07. The molecule has 0 spiro atoms. The molecule has 1 fully saturated rings. The van der Waals surface area contributed by atoms with Crippen LogP contribution in [-0.2, 0) is 4.79 Å². The van der Waals surface area contributed by atoms with E-state index in [4.69, 9.17) is 0 Å². The van der Waals surface area contributed by atoms with Crippen molar-refractivity contribution in [1.82, 2.24) is 10.2 Å². The molecule has 0 aromatic heterocycles. The van der Waals surface area contributed by atoms with E-state index in [1.165, 1.54) is 0 Å². The van der Waals surface area contributed by atoms with E-state index in [1.54, 1.807) is 0 Å². The van der Waals surface area contributed by atoms with Crippen LogP contribution in [0.25, 0.3) is 0 Å². The molecule has 0 bridgehead atoms. The summed E-state index contributed by atoms with van der Waals surface area (Å²) < 4.78 is 36.0. The van der Waals surface area contributed by atoms with Gasteiger partial charge >= 0.3 is 12.1 Å². The summed E-state index contributed by atoms with van der Waals surface area (Å²) in [5, 5.41) is 11.9. The lowest BCUT2D eigenvalue weighted by Gasteiger charge is -2.26. The van der Waals surface area contributed by atoms with E-state index in [-0.39, 0.29) is 13.1 Å². The number of halogens is 3. The number of rotatable bonds is 1. The van der Waals surface area contributed by atoms with E-state index in [9.17, 15) is 23.1 Å². The lowest BCUT2D eigenvalue weighted by molar-refractivity contribution is -0.187. The summed E-state index contributed by atoms with van der Waals surface area (Å²) in [6, 6.07) is -0.802. The number of hydrogen-bond donors (Lipinski definition) is 2. The minimum atomic E-state index is -4.88. The highest BCUT2D eigenvalue weighted by Crippen LogP contribution is 2.20. The Morgan fingerprint density at radius 1 is 1.50 bits per heavy atom. The second kappa shape index (κ2) is 3.74. The zero-order valence-electron chi connectivity index (χ0n) is 7.51. The van der Waals surface area contributed by atoms with Crippen molar-refractivity contribution in [3.05, 3.63) is 0 Å². The van der Waals surface area contributed by atoms with E-state index in [0.717, 1.165) is 7.05 Å². The molecule has 14 heavy (non-hydrogen) atoms. The summed E-state index contributed by atoms with van der Waals surface area (Å²) in [5.74, 6) is -1.93. The Balaban J connectivity index is 2.65. The number of nitrogens with one attached hydrogen (secondary N) is 1. The van der Waals surface area contributed by atoms with Crippen molar-refractivity contribution in [2.75, 3.05) is 20.1 Å². The van der Waals surface area contributed by atoms with Gasteiger partial charge in [0.25, 0.3) is 0 Å². The zero-order chi connectivity index (χ0) is 10.9. The quantitative estimate of drug-likeness (QED) is 0.606. The van der Waals surface area contributed by atoms with E-state index in [0.29, 0.717) is 4.90 Å². The average molecular weight is 212 g/mol. The Hall–Kier alpha value is -0.820. The third-order valence-electron chi connectivity index (χ3n) is 2.21. The highest BCUT2D eigenvalue weighted by atomic mass is 19.4. The van der Waals surface area contributed by atoms with E-state index >= 15 is 0 Å². The maximum absolute atomic E-state index is 12.0. The van der Waals surface area contributed by atoms with E-state index in [1.807, 2.05) is 0 Å². The predicted octanol–water partition coefficient (Wildman–Crippen LogP) is -0.660. The number of hydrogen-bond acceptors (Lipinski definition) is 3. The summed E-state index contributed by atoms with van der Waals surface area (Å²) in [7, 11) is 1.04. The molecule has 82 valence electrons. The van der Waals surface area contributed by atoms with Crippen LogP contribution in [0.15, 0.2) is 0 Å². The van der Waals surface area contributed by atoms with Crippen molar-refractivity contribution in [3.63, 3.8) is 0 Å². The SMILES string of the molecule is CN(C(=O)C(F)(F)F)[C@H]1CNC[C@@H]1O. The molecule has 0 unspecified atom stereocenters. The van der Waals surface area contributed by atoms with E-state index < -0.39 is 24.2 Å². The van der Waals surface area contributed by atoms with Crippen LogP contribution in [0, 0.1) is 0 Å². The first-order chi connectivity index (χ1) is 6.34. The number of aliphatic hydroxyl groups excluding tert-OH is 1. The van der Waals surface area contributed by atoms with Gasteiger partial charge in [-0.3, -0.25) is 4.79 Å². The van der Waals surface area contributed by atoms with E-state index in [2.05, 4.69) is 5.32 Å². The number of β-amino-alcohol motifs (C(OH)–C–C–N with tert-alkyl or cyclic N) is 1. The van der Waals surface area contributed by atoms with Gasteiger partial charge < -0.3 is 15.3 Å². The third-order valence-corrected chi connectivity index (χ3v) is 2.21. The minimum Gasteiger partial charge on any atom is -0.390 e. The van der Waals surface area contributed by atoms with Crippen molar-refractivity contribution in [2.45, 2.75) is 18.3 Å². The number of alkyl halides is 3. The molecule has 2 atom stereocenters. The number of amides is 1. The Morgan fingerprint density at radius 3 is 2.43 bits per heavy atom. The third kappa shape index (κ3) is 2.16. The number of nitrogens with zero attached hydrogens (tertiary/aromatic N) is 1. The molecule has 0 aromatic rings. The van der Waals surface area contributed by atoms with Gasteiger partial charge in [-0.2, -0.15) is 13.2 Å². The molecule has 1 saturated heterocycles. The van der Waals surface area contributed by atoms with Crippen LogP contribution >= 0.6 is 0 Å². The van der Waals surface area contributed by atoms with Crippen LogP contribution in [0.3, 0.4) is 0 Å². The summed E-state index contributed by atoms with van der Waals surface area (Å²) >= 11 is 0. The maximum atomic E-state index is 12.0. The van der Waals surface area contributed by atoms with Crippen LogP contribution in [0.4, 0.5) is 13.2 Å². The van der Waals surface area contributed by atoms with Gasteiger partial charge in [-0.1, -0.05) is 0 Å². The van der Waals surface area contributed by atoms with Gasteiger partial charge in [0.05, 0.1) is 12.1 Å². The molecule has 0 saturated carbocycles. The largest absolute Gasteiger partial charge is 0.471 e. The van der Waals surface area contributed by atoms with Gasteiger partial charge in [0.2, 0.25) is 0 Å². The van der Waals surface area contributed by atoms with Crippen molar-refractivity contribution in [2.24, 2.45) is 0 Å². The van der Waals surface area contributed by atoms with Gasteiger partial charge in [-0.05, 0) is 0 Å². The molecule has 0 aromatic carbocycles. The molecule has 1 aliphatic rings. The Kier molecular flexibility index (Phi) is 3.01. The predicted molar refractivity (Wildman–Crippen MR) is 41.5 cm³/mol. The molecular formula is C7H11F3N2O2. The first-order valence-corrected chi connectivity index (χ1v) is 4.07. The highest BCUT2D eigenvalue weighted by Gasteiger charge is 2.45. The molecule has 7 heteroatoms. The molecule has 0 radical (unpaired) electrons. The summed E-state index contributed by atoms with van der Waals surface area (Å²) in [4.78, 5) is 11.3. The van der Waals surface area contributed by atoms with Crippen LogP contribution in [0.1, 0.15) is 0 Å². The molecule has 1 heterocycles. The first kappa shape index (κ1) is 11.3. The molecular weight excluding hydrogens is 201 g/mol. The Bertz CT molecular complexity index is 231. The van der Waals surface area contributed by atoms with Gasteiger partial charge in [-0.25, -0.2) is 0 Å². The molecule has 1 amide bonds. The minimum absolute atomic E-state index is 0.180. The van der Waals surface area contributed by atoms with Gasteiger partial charge in [0.15, 0.2) is 0 Å². The fraction of sp³-hybridized carbons (Fsp3) is 0.857. The standard InChI is InChI=1S/C7H11F3N2O2/c1-12(6(14)7(8,9)10)4-2-11-3-5(4)13/h4-5,11,13H,2-3H2,1H3/t4-,5-/m0/s1. The number of carbonyl (C=O) groups excluding carboxylic acids is 1.